The van der Waals surface area contributed by atoms with Crippen LogP contribution < -0.4 is 10.1 Å². The van der Waals surface area contributed by atoms with E-state index in [4.69, 9.17) is 4.74 Å². The maximum Gasteiger partial charge on any atom is 0.322 e. The second kappa shape index (κ2) is 6.65. The lowest BCUT2D eigenvalue weighted by atomic mass is 10.2. The molecule has 0 unspecified atom stereocenters. The van der Waals surface area contributed by atoms with Crippen LogP contribution in [0.25, 0.3) is 11.4 Å². The fourth-order valence-corrected chi connectivity index (χ4v) is 2.37. The molecule has 0 amide bonds. The highest BCUT2D eigenvalue weighted by atomic mass is 32.1. The van der Waals surface area contributed by atoms with E-state index < -0.39 is 0 Å². The molecule has 2 aromatic heterocycles. The molecule has 0 fully saturated rings. The minimum atomic E-state index is 0.0350. The summed E-state index contributed by atoms with van der Waals surface area (Å²) in [5.41, 5.74) is 1.03. The SMILES string of the molecule is CCCNc1nc(OC(C)C)nc(-c2ccsc2C)n1. The Kier molecular flexibility index (Phi) is 4.89. The van der Waals surface area contributed by atoms with Crippen LogP contribution in [0.5, 0.6) is 6.01 Å². The van der Waals surface area contributed by atoms with E-state index in [1.165, 1.54) is 4.88 Å². The highest BCUT2D eigenvalue weighted by Gasteiger charge is 2.12. The number of hydrogen-bond donors (Lipinski definition) is 1. The van der Waals surface area contributed by atoms with Gasteiger partial charge in [-0.25, -0.2) is 0 Å². The van der Waals surface area contributed by atoms with Crippen LogP contribution in [0.4, 0.5) is 5.95 Å². The highest BCUT2D eigenvalue weighted by molar-refractivity contribution is 7.10. The quantitative estimate of drug-likeness (QED) is 0.882. The van der Waals surface area contributed by atoms with Gasteiger partial charge >= 0.3 is 6.01 Å². The number of nitrogens with zero attached hydrogens (tertiary/aromatic N) is 3. The fraction of sp³-hybridized carbons (Fsp3) is 0.500. The molecule has 0 radical (unpaired) electrons. The van der Waals surface area contributed by atoms with Crippen molar-refractivity contribution in [2.45, 2.75) is 40.2 Å². The number of aromatic nitrogens is 3. The van der Waals surface area contributed by atoms with Gasteiger partial charge in [0.1, 0.15) is 0 Å². The number of nitrogens with one attached hydrogen (secondary N) is 1. The molecule has 108 valence electrons. The molecule has 0 aromatic carbocycles. The van der Waals surface area contributed by atoms with Gasteiger partial charge in [-0.15, -0.1) is 11.3 Å². The summed E-state index contributed by atoms with van der Waals surface area (Å²) >= 11 is 1.68. The summed E-state index contributed by atoms with van der Waals surface area (Å²) in [6.45, 7) is 8.90. The number of anilines is 1. The molecule has 0 aliphatic rings. The van der Waals surface area contributed by atoms with E-state index in [2.05, 4.69) is 34.1 Å². The first-order chi connectivity index (χ1) is 9.60. The van der Waals surface area contributed by atoms with Gasteiger partial charge in [0.25, 0.3) is 0 Å². The predicted molar refractivity (Wildman–Crippen MR) is 82.4 cm³/mol. The van der Waals surface area contributed by atoms with Gasteiger partial charge in [0.05, 0.1) is 6.10 Å². The third kappa shape index (κ3) is 3.66. The van der Waals surface area contributed by atoms with Gasteiger partial charge in [0.2, 0.25) is 5.95 Å². The summed E-state index contributed by atoms with van der Waals surface area (Å²) in [5.74, 6) is 1.23. The van der Waals surface area contributed by atoms with Crippen molar-refractivity contribution < 1.29 is 4.74 Å². The monoisotopic (exact) mass is 292 g/mol. The van der Waals surface area contributed by atoms with Crippen molar-refractivity contribution in [1.29, 1.82) is 0 Å². The molecule has 2 heterocycles. The number of aryl methyl sites for hydroxylation is 1. The number of ether oxygens (including phenoxy) is 1. The zero-order valence-corrected chi connectivity index (χ0v) is 13.1. The number of hydrogen-bond acceptors (Lipinski definition) is 6. The van der Waals surface area contributed by atoms with E-state index in [1.54, 1.807) is 11.3 Å². The van der Waals surface area contributed by atoms with Gasteiger partial charge < -0.3 is 10.1 Å². The molecule has 2 aromatic rings. The van der Waals surface area contributed by atoms with Crippen molar-refractivity contribution in [2.75, 3.05) is 11.9 Å². The fourth-order valence-electron chi connectivity index (χ4n) is 1.67. The van der Waals surface area contributed by atoms with Gasteiger partial charge in [-0.1, -0.05) is 6.92 Å². The molecule has 20 heavy (non-hydrogen) atoms. The summed E-state index contributed by atoms with van der Waals surface area (Å²) in [6, 6.07) is 2.40. The van der Waals surface area contributed by atoms with Crippen LogP contribution in [-0.2, 0) is 0 Å². The largest absolute Gasteiger partial charge is 0.461 e. The molecule has 5 nitrogen and oxygen atoms in total. The third-order valence-corrected chi connectivity index (χ3v) is 3.43. The number of thiophene rings is 1. The first-order valence-electron chi connectivity index (χ1n) is 6.81. The van der Waals surface area contributed by atoms with Crippen molar-refractivity contribution >= 4 is 17.3 Å². The lowest BCUT2D eigenvalue weighted by molar-refractivity contribution is 0.222. The lowest BCUT2D eigenvalue weighted by Crippen LogP contribution is -2.12. The molecule has 0 saturated carbocycles. The molecule has 0 aliphatic carbocycles. The van der Waals surface area contributed by atoms with E-state index in [0.29, 0.717) is 17.8 Å². The molecular formula is C14H20N4OS. The van der Waals surface area contributed by atoms with E-state index in [0.717, 1.165) is 18.5 Å². The molecule has 0 saturated heterocycles. The van der Waals surface area contributed by atoms with E-state index >= 15 is 0 Å². The Balaban J connectivity index is 2.37. The predicted octanol–water partition coefficient (Wildman–Crippen LogP) is 3.52. The van der Waals surface area contributed by atoms with Crippen LogP contribution in [0, 0.1) is 6.92 Å². The van der Waals surface area contributed by atoms with Crippen molar-refractivity contribution in [1.82, 2.24) is 15.0 Å². The Morgan fingerprint density at radius 3 is 2.70 bits per heavy atom. The summed E-state index contributed by atoms with van der Waals surface area (Å²) in [6.07, 6.45) is 1.05. The topological polar surface area (TPSA) is 59.9 Å². The van der Waals surface area contributed by atoms with Gasteiger partial charge in [-0.3, -0.25) is 0 Å². The third-order valence-electron chi connectivity index (χ3n) is 2.59. The molecule has 0 atom stereocenters. The molecule has 6 heteroatoms. The smallest absolute Gasteiger partial charge is 0.322 e. The molecule has 0 aliphatic heterocycles. The Morgan fingerprint density at radius 2 is 2.10 bits per heavy atom. The van der Waals surface area contributed by atoms with E-state index in [9.17, 15) is 0 Å². The zero-order valence-electron chi connectivity index (χ0n) is 12.3. The minimum absolute atomic E-state index is 0.0350. The van der Waals surface area contributed by atoms with Crippen molar-refractivity contribution in [3.63, 3.8) is 0 Å². The normalized spacial score (nSPS) is 10.8. The summed E-state index contributed by atoms with van der Waals surface area (Å²) < 4.78 is 5.61. The van der Waals surface area contributed by atoms with Crippen LogP contribution >= 0.6 is 11.3 Å². The standard InChI is InChI=1S/C14H20N4OS/c1-5-7-15-13-16-12(11-6-8-20-10(11)4)17-14(18-13)19-9(2)3/h6,8-9H,5,7H2,1-4H3,(H,15,16,17,18). The average molecular weight is 292 g/mol. The minimum Gasteiger partial charge on any atom is -0.461 e. The van der Waals surface area contributed by atoms with Crippen LogP contribution in [0.1, 0.15) is 32.1 Å². The van der Waals surface area contributed by atoms with Gasteiger partial charge in [-0.05, 0) is 38.6 Å². The first kappa shape index (κ1) is 14.7. The molecule has 0 spiro atoms. The van der Waals surface area contributed by atoms with Gasteiger partial charge in [0, 0.05) is 17.0 Å². The summed E-state index contributed by atoms with van der Waals surface area (Å²) in [4.78, 5) is 14.4. The molecular weight excluding hydrogens is 272 g/mol. The van der Waals surface area contributed by atoms with Crippen LogP contribution in [0.3, 0.4) is 0 Å². The summed E-state index contributed by atoms with van der Waals surface area (Å²) in [5, 5.41) is 5.23. The molecule has 2 rings (SSSR count). The van der Waals surface area contributed by atoms with Crippen LogP contribution in [0.2, 0.25) is 0 Å². The van der Waals surface area contributed by atoms with Crippen molar-refractivity contribution in [3.8, 4) is 17.4 Å². The lowest BCUT2D eigenvalue weighted by Gasteiger charge is -2.11. The maximum absolute atomic E-state index is 5.61. The highest BCUT2D eigenvalue weighted by Crippen LogP contribution is 2.26. The zero-order chi connectivity index (χ0) is 14.5. The number of rotatable bonds is 6. The van der Waals surface area contributed by atoms with Crippen molar-refractivity contribution in [3.05, 3.63) is 16.3 Å². The molecule has 0 bridgehead atoms. The Morgan fingerprint density at radius 1 is 1.30 bits per heavy atom. The Hall–Kier alpha value is -1.69. The summed E-state index contributed by atoms with van der Waals surface area (Å²) in [7, 11) is 0. The maximum atomic E-state index is 5.61. The van der Waals surface area contributed by atoms with E-state index in [1.807, 2.05) is 25.3 Å². The Bertz CT molecular complexity index is 568. The van der Waals surface area contributed by atoms with Gasteiger partial charge in [-0.2, -0.15) is 15.0 Å². The second-order valence-electron chi connectivity index (χ2n) is 4.75. The average Bonchev–Trinajstić information content (AvgIpc) is 2.81. The van der Waals surface area contributed by atoms with Gasteiger partial charge in [0.15, 0.2) is 5.82 Å². The first-order valence-corrected chi connectivity index (χ1v) is 7.69. The Labute approximate surface area is 123 Å². The van der Waals surface area contributed by atoms with Crippen molar-refractivity contribution in [2.24, 2.45) is 0 Å². The molecule has 1 N–H and O–H groups in total. The second-order valence-corrected chi connectivity index (χ2v) is 5.87. The van der Waals surface area contributed by atoms with E-state index in [-0.39, 0.29) is 6.10 Å². The van der Waals surface area contributed by atoms with Crippen LogP contribution in [0.15, 0.2) is 11.4 Å². The van der Waals surface area contributed by atoms with Crippen LogP contribution in [-0.4, -0.2) is 27.6 Å².